The molecule has 0 spiro atoms. The number of phenols is 2. The molecule has 0 saturated heterocycles. The van der Waals surface area contributed by atoms with Crippen molar-refractivity contribution in [2.45, 2.75) is 5.41 Å². The second-order valence-electron chi connectivity index (χ2n) is 7.17. The summed E-state index contributed by atoms with van der Waals surface area (Å²) < 4.78 is 0. The SMILES string of the molecule is Nc1ccc(C2(c3ccc(O)c(O)c3)c3ccccc3-c3ccccc32)cc1. The first-order valence-corrected chi connectivity index (χ1v) is 9.20. The molecule has 1 aliphatic carbocycles. The molecule has 0 aliphatic heterocycles. The van der Waals surface area contributed by atoms with Crippen molar-refractivity contribution >= 4 is 5.69 Å². The molecule has 0 fully saturated rings. The van der Waals surface area contributed by atoms with Crippen molar-refractivity contribution in [2.24, 2.45) is 0 Å². The fraction of sp³-hybridized carbons (Fsp3) is 0.0400. The molecule has 3 nitrogen and oxygen atoms in total. The van der Waals surface area contributed by atoms with Crippen molar-refractivity contribution in [2.75, 3.05) is 5.73 Å². The van der Waals surface area contributed by atoms with Gasteiger partial charge in [-0.3, -0.25) is 0 Å². The Bertz CT molecular complexity index is 1150. The highest BCUT2D eigenvalue weighted by Gasteiger charge is 2.46. The van der Waals surface area contributed by atoms with Crippen LogP contribution < -0.4 is 5.73 Å². The number of benzene rings is 4. The van der Waals surface area contributed by atoms with E-state index < -0.39 is 5.41 Å². The monoisotopic (exact) mass is 365 g/mol. The van der Waals surface area contributed by atoms with Crippen LogP contribution in [0.2, 0.25) is 0 Å². The van der Waals surface area contributed by atoms with Gasteiger partial charge in [-0.25, -0.2) is 0 Å². The minimum atomic E-state index is -0.605. The van der Waals surface area contributed by atoms with Gasteiger partial charge in [0, 0.05) is 5.69 Å². The summed E-state index contributed by atoms with van der Waals surface area (Å²) in [6.45, 7) is 0. The van der Waals surface area contributed by atoms with Crippen LogP contribution in [0.1, 0.15) is 22.3 Å². The Morgan fingerprint density at radius 1 is 0.571 bits per heavy atom. The maximum Gasteiger partial charge on any atom is 0.157 e. The molecule has 0 bridgehead atoms. The predicted molar refractivity (Wildman–Crippen MR) is 111 cm³/mol. The molecule has 0 unspecified atom stereocenters. The zero-order valence-electron chi connectivity index (χ0n) is 15.1. The summed E-state index contributed by atoms with van der Waals surface area (Å²) in [5, 5.41) is 20.2. The highest BCUT2D eigenvalue weighted by atomic mass is 16.3. The Balaban J connectivity index is 1.95. The first kappa shape index (κ1) is 16.5. The highest BCUT2D eigenvalue weighted by molar-refractivity contribution is 5.86. The van der Waals surface area contributed by atoms with Gasteiger partial charge in [-0.2, -0.15) is 0 Å². The smallest absolute Gasteiger partial charge is 0.157 e. The number of hydrogen-bond acceptors (Lipinski definition) is 3. The molecule has 0 aromatic heterocycles. The summed E-state index contributed by atoms with van der Waals surface area (Å²) in [6.07, 6.45) is 0. The normalized spacial score (nSPS) is 13.7. The maximum atomic E-state index is 10.3. The van der Waals surface area contributed by atoms with Crippen molar-refractivity contribution < 1.29 is 10.2 Å². The summed E-state index contributed by atoms with van der Waals surface area (Å²) in [6, 6.07) is 29.7. The number of phenolic OH excluding ortho intramolecular Hbond substituents is 2. The standard InChI is InChI=1S/C25H19NO2/c26-18-12-9-16(10-13-18)25(17-11-14-23(27)24(28)15-17)21-7-3-1-5-19(21)20-6-2-4-8-22(20)25/h1-15,27-28H,26H2. The third-order valence-electron chi connectivity index (χ3n) is 5.70. The fourth-order valence-electron chi connectivity index (χ4n) is 4.51. The summed E-state index contributed by atoms with van der Waals surface area (Å²) in [7, 11) is 0. The van der Waals surface area contributed by atoms with E-state index in [4.69, 9.17) is 5.73 Å². The number of aromatic hydroxyl groups is 2. The van der Waals surface area contributed by atoms with Gasteiger partial charge in [0.05, 0.1) is 5.41 Å². The number of anilines is 1. The molecule has 1 aliphatic rings. The fourth-order valence-corrected chi connectivity index (χ4v) is 4.51. The van der Waals surface area contributed by atoms with Crippen LogP contribution in [-0.4, -0.2) is 10.2 Å². The van der Waals surface area contributed by atoms with Gasteiger partial charge in [0.2, 0.25) is 0 Å². The number of nitrogen functional groups attached to an aromatic ring is 1. The lowest BCUT2D eigenvalue weighted by molar-refractivity contribution is 0.402. The molecule has 4 N–H and O–H groups in total. The van der Waals surface area contributed by atoms with Crippen molar-refractivity contribution in [3.63, 3.8) is 0 Å². The van der Waals surface area contributed by atoms with Gasteiger partial charge >= 0.3 is 0 Å². The first-order chi connectivity index (χ1) is 13.6. The topological polar surface area (TPSA) is 66.5 Å². The zero-order chi connectivity index (χ0) is 19.3. The summed E-state index contributed by atoms with van der Waals surface area (Å²) in [5.41, 5.74) is 12.6. The lowest BCUT2D eigenvalue weighted by Crippen LogP contribution is -2.28. The Labute approximate surface area is 163 Å². The molecular formula is C25H19NO2. The van der Waals surface area contributed by atoms with Crippen LogP contribution >= 0.6 is 0 Å². The second-order valence-corrected chi connectivity index (χ2v) is 7.17. The number of rotatable bonds is 2. The number of nitrogens with two attached hydrogens (primary N) is 1. The van der Waals surface area contributed by atoms with E-state index in [1.807, 2.05) is 54.6 Å². The van der Waals surface area contributed by atoms with Crippen LogP contribution in [0, 0.1) is 0 Å². The predicted octanol–water partition coefficient (Wildman–Crippen LogP) is 5.04. The van der Waals surface area contributed by atoms with Gasteiger partial charge in [0.25, 0.3) is 0 Å². The van der Waals surface area contributed by atoms with E-state index in [1.165, 1.54) is 11.1 Å². The minimum absolute atomic E-state index is 0.129. The molecule has 0 saturated carbocycles. The summed E-state index contributed by atoms with van der Waals surface area (Å²) >= 11 is 0. The van der Waals surface area contributed by atoms with E-state index in [1.54, 1.807) is 12.1 Å². The molecule has 0 atom stereocenters. The van der Waals surface area contributed by atoms with Gasteiger partial charge in [0.15, 0.2) is 11.5 Å². The zero-order valence-corrected chi connectivity index (χ0v) is 15.1. The molecule has 0 amide bonds. The summed E-state index contributed by atoms with van der Waals surface area (Å²) in [5.74, 6) is -0.259. The second kappa shape index (κ2) is 5.89. The van der Waals surface area contributed by atoms with Crippen LogP contribution in [0.3, 0.4) is 0 Å². The molecule has 0 radical (unpaired) electrons. The third kappa shape index (κ3) is 2.10. The Morgan fingerprint density at radius 2 is 1.11 bits per heavy atom. The summed E-state index contributed by atoms with van der Waals surface area (Å²) in [4.78, 5) is 0. The van der Waals surface area contributed by atoms with Crippen molar-refractivity contribution in [3.8, 4) is 22.6 Å². The van der Waals surface area contributed by atoms with Crippen molar-refractivity contribution in [3.05, 3.63) is 113 Å². The Morgan fingerprint density at radius 3 is 1.68 bits per heavy atom. The van der Waals surface area contributed by atoms with Gasteiger partial charge in [-0.1, -0.05) is 66.7 Å². The van der Waals surface area contributed by atoms with Crippen LogP contribution in [0.15, 0.2) is 91.0 Å². The number of fused-ring (bicyclic) bond motifs is 3. The van der Waals surface area contributed by atoms with E-state index in [-0.39, 0.29) is 11.5 Å². The van der Waals surface area contributed by atoms with E-state index in [9.17, 15) is 10.2 Å². The van der Waals surface area contributed by atoms with Gasteiger partial charge in [-0.15, -0.1) is 0 Å². The molecule has 5 rings (SSSR count). The van der Waals surface area contributed by atoms with Crippen LogP contribution in [-0.2, 0) is 5.41 Å². The molecule has 0 heterocycles. The number of hydrogen-bond donors (Lipinski definition) is 3. The largest absolute Gasteiger partial charge is 0.504 e. The quantitative estimate of drug-likeness (QED) is 0.303. The molecule has 3 heteroatoms. The molecule has 4 aromatic carbocycles. The van der Waals surface area contributed by atoms with Crippen LogP contribution in [0.4, 0.5) is 5.69 Å². The third-order valence-corrected chi connectivity index (χ3v) is 5.70. The van der Waals surface area contributed by atoms with E-state index >= 15 is 0 Å². The highest BCUT2D eigenvalue weighted by Crippen LogP contribution is 2.56. The van der Waals surface area contributed by atoms with E-state index in [0.29, 0.717) is 5.69 Å². The van der Waals surface area contributed by atoms with Crippen molar-refractivity contribution in [1.29, 1.82) is 0 Å². The van der Waals surface area contributed by atoms with Crippen LogP contribution in [0.25, 0.3) is 11.1 Å². The lowest BCUT2D eigenvalue weighted by atomic mass is 9.67. The minimum Gasteiger partial charge on any atom is -0.504 e. The average Bonchev–Trinajstić information content (AvgIpc) is 3.02. The van der Waals surface area contributed by atoms with Crippen LogP contribution in [0.5, 0.6) is 11.5 Å². The molecular weight excluding hydrogens is 346 g/mol. The van der Waals surface area contributed by atoms with Gasteiger partial charge in [-0.05, 0) is 57.6 Å². The molecule has 136 valence electrons. The van der Waals surface area contributed by atoms with Crippen molar-refractivity contribution in [1.82, 2.24) is 0 Å². The van der Waals surface area contributed by atoms with Gasteiger partial charge < -0.3 is 15.9 Å². The first-order valence-electron chi connectivity index (χ1n) is 9.20. The van der Waals surface area contributed by atoms with E-state index in [2.05, 4.69) is 24.3 Å². The lowest BCUT2D eigenvalue weighted by Gasteiger charge is -2.34. The van der Waals surface area contributed by atoms with Gasteiger partial charge in [0.1, 0.15) is 0 Å². The maximum absolute atomic E-state index is 10.3. The molecule has 4 aromatic rings. The Kier molecular flexibility index (Phi) is 3.46. The molecule has 28 heavy (non-hydrogen) atoms. The Hall–Kier alpha value is -3.72. The van der Waals surface area contributed by atoms with E-state index in [0.717, 1.165) is 22.3 Å². The average molecular weight is 365 g/mol.